The molecule has 0 unspecified atom stereocenters. The number of carboxylic acids is 1. The minimum Gasteiger partial charge on any atom is -0.478 e. The number of thiocarbonyl (C=S) groups is 1. The molecule has 2 N–H and O–H groups in total. The Hall–Kier alpha value is -3.23. The molecule has 0 bridgehead atoms. The molecule has 0 radical (unpaired) electrons. The molecule has 3 heterocycles. The zero-order chi connectivity index (χ0) is 22.7. The van der Waals surface area contributed by atoms with E-state index in [-0.39, 0.29) is 17.6 Å². The van der Waals surface area contributed by atoms with Crippen LogP contribution in [0.2, 0.25) is 0 Å². The van der Waals surface area contributed by atoms with E-state index < -0.39 is 5.97 Å². The van der Waals surface area contributed by atoms with Crippen molar-refractivity contribution in [3.8, 4) is 5.69 Å². The van der Waals surface area contributed by atoms with Gasteiger partial charge in [-0.1, -0.05) is 12.1 Å². The van der Waals surface area contributed by atoms with E-state index >= 15 is 0 Å². The number of hydrogen-bond donors (Lipinski definition) is 2. The first-order valence-corrected chi connectivity index (χ1v) is 11.0. The molecule has 1 aromatic carbocycles. The molecule has 0 spiro atoms. The predicted molar refractivity (Wildman–Crippen MR) is 128 cm³/mol. The van der Waals surface area contributed by atoms with Crippen molar-refractivity contribution in [1.82, 2.24) is 24.7 Å². The lowest BCUT2D eigenvalue weighted by molar-refractivity contribution is 0.0697. The summed E-state index contributed by atoms with van der Waals surface area (Å²) < 4.78 is 2.04. The fourth-order valence-corrected chi connectivity index (χ4v) is 4.52. The summed E-state index contributed by atoms with van der Waals surface area (Å²) in [4.78, 5) is 20.5. The van der Waals surface area contributed by atoms with Gasteiger partial charge in [-0.15, -0.1) is 0 Å². The first-order valence-electron chi connectivity index (χ1n) is 10.6. The van der Waals surface area contributed by atoms with Crippen molar-refractivity contribution in [3.05, 3.63) is 83.9 Å². The molecule has 2 atom stereocenters. The molecule has 4 rings (SSSR count). The second-order valence-electron chi connectivity index (χ2n) is 8.14. The second kappa shape index (κ2) is 9.50. The van der Waals surface area contributed by atoms with Crippen LogP contribution in [-0.2, 0) is 0 Å². The standard InChI is InChI=1S/C24H27N5O2S/c1-27(2)13-7-15-29-22(21(26-24(29)32)19-10-3-4-12-25-19)20-11-6-14-28(20)18-9-5-8-17(16-18)23(30)31/h3-6,8-12,14,16,21-22H,7,13,15H2,1-2H3,(H,26,32)(H,30,31)/t21-,22+/m1/s1. The topological polar surface area (TPSA) is 73.6 Å². The summed E-state index contributed by atoms with van der Waals surface area (Å²) in [6.07, 6.45) is 4.72. The molecule has 1 fully saturated rings. The molecular weight excluding hydrogens is 422 g/mol. The highest BCUT2D eigenvalue weighted by Crippen LogP contribution is 2.39. The number of pyridine rings is 1. The third kappa shape index (κ3) is 4.51. The van der Waals surface area contributed by atoms with Crippen molar-refractivity contribution in [2.75, 3.05) is 27.2 Å². The Balaban J connectivity index is 1.75. The molecule has 32 heavy (non-hydrogen) atoms. The summed E-state index contributed by atoms with van der Waals surface area (Å²) in [5.74, 6) is -0.944. The maximum Gasteiger partial charge on any atom is 0.335 e. The second-order valence-corrected chi connectivity index (χ2v) is 8.52. The minimum atomic E-state index is -0.944. The van der Waals surface area contributed by atoms with Gasteiger partial charge in [-0.25, -0.2) is 4.79 Å². The highest BCUT2D eigenvalue weighted by molar-refractivity contribution is 7.80. The summed E-state index contributed by atoms with van der Waals surface area (Å²) in [7, 11) is 4.13. The molecule has 2 aromatic heterocycles. The van der Waals surface area contributed by atoms with E-state index in [0.717, 1.165) is 36.6 Å². The van der Waals surface area contributed by atoms with E-state index in [1.54, 1.807) is 24.4 Å². The molecule has 7 nitrogen and oxygen atoms in total. The minimum absolute atomic E-state index is 0.0805. The van der Waals surface area contributed by atoms with Crippen LogP contribution < -0.4 is 5.32 Å². The van der Waals surface area contributed by atoms with Crippen molar-refractivity contribution in [2.45, 2.75) is 18.5 Å². The first kappa shape index (κ1) is 22.0. The van der Waals surface area contributed by atoms with Crippen LogP contribution in [0.4, 0.5) is 0 Å². The highest BCUT2D eigenvalue weighted by atomic mass is 32.1. The number of carbonyl (C=O) groups is 1. The van der Waals surface area contributed by atoms with Crippen molar-refractivity contribution in [2.24, 2.45) is 0 Å². The fraction of sp³-hybridized carbons (Fsp3) is 0.292. The average Bonchev–Trinajstić information content (AvgIpc) is 3.39. The van der Waals surface area contributed by atoms with Crippen LogP contribution in [0.25, 0.3) is 5.69 Å². The van der Waals surface area contributed by atoms with E-state index in [4.69, 9.17) is 12.2 Å². The van der Waals surface area contributed by atoms with Gasteiger partial charge < -0.3 is 24.8 Å². The third-order valence-corrected chi connectivity index (χ3v) is 6.01. The van der Waals surface area contributed by atoms with Gasteiger partial charge in [-0.2, -0.15) is 0 Å². The van der Waals surface area contributed by atoms with Gasteiger partial charge in [-0.3, -0.25) is 4.98 Å². The SMILES string of the molecule is CN(C)CCCN1C(=S)N[C@H](c2ccccn2)[C@@H]1c1cccn1-c1cccc(C(=O)O)c1. The lowest BCUT2D eigenvalue weighted by Gasteiger charge is -2.29. The number of aromatic nitrogens is 2. The van der Waals surface area contributed by atoms with Gasteiger partial charge in [-0.05, 0) is 81.7 Å². The molecule has 8 heteroatoms. The molecule has 0 amide bonds. The van der Waals surface area contributed by atoms with Crippen molar-refractivity contribution >= 4 is 23.3 Å². The molecule has 166 valence electrons. The summed E-state index contributed by atoms with van der Waals surface area (Å²) in [6, 6.07) is 16.7. The molecule has 1 aliphatic heterocycles. The smallest absolute Gasteiger partial charge is 0.335 e. The number of hydrogen-bond acceptors (Lipinski definition) is 4. The number of benzene rings is 1. The van der Waals surface area contributed by atoms with Crippen molar-refractivity contribution in [1.29, 1.82) is 0 Å². The maximum absolute atomic E-state index is 11.5. The van der Waals surface area contributed by atoms with Crippen LogP contribution in [0.1, 0.15) is 40.3 Å². The lowest BCUT2D eigenvalue weighted by Crippen LogP contribution is -2.33. The van der Waals surface area contributed by atoms with Gasteiger partial charge in [0.05, 0.1) is 23.3 Å². The Morgan fingerprint density at radius 1 is 1.19 bits per heavy atom. The summed E-state index contributed by atoms with van der Waals surface area (Å²) in [5.41, 5.74) is 3.00. The number of rotatable bonds is 8. The van der Waals surface area contributed by atoms with Crippen LogP contribution >= 0.6 is 12.2 Å². The third-order valence-electron chi connectivity index (χ3n) is 5.66. The summed E-state index contributed by atoms with van der Waals surface area (Å²) in [5, 5.41) is 13.6. The first-order chi connectivity index (χ1) is 15.5. The number of carboxylic acid groups (broad SMARTS) is 1. The van der Waals surface area contributed by atoms with Crippen molar-refractivity contribution in [3.63, 3.8) is 0 Å². The van der Waals surface area contributed by atoms with Crippen molar-refractivity contribution < 1.29 is 9.90 Å². The van der Waals surface area contributed by atoms with Gasteiger partial charge in [0.15, 0.2) is 5.11 Å². The molecule has 1 saturated heterocycles. The Kier molecular flexibility index (Phi) is 6.53. The van der Waals surface area contributed by atoms with Gasteiger partial charge in [0, 0.05) is 30.3 Å². The van der Waals surface area contributed by atoms with E-state index in [0.29, 0.717) is 5.11 Å². The van der Waals surface area contributed by atoms with Crippen LogP contribution in [0.15, 0.2) is 67.0 Å². The quantitative estimate of drug-likeness (QED) is 0.510. The normalized spacial score (nSPS) is 18.2. The Morgan fingerprint density at radius 3 is 2.75 bits per heavy atom. The monoisotopic (exact) mass is 449 g/mol. The van der Waals surface area contributed by atoms with Crippen LogP contribution in [0, 0.1) is 0 Å². The molecular formula is C24H27N5O2S. The van der Waals surface area contributed by atoms with Crippen LogP contribution in [-0.4, -0.2) is 62.7 Å². The Labute approximate surface area is 193 Å². The van der Waals surface area contributed by atoms with E-state index in [1.807, 2.05) is 41.1 Å². The average molecular weight is 450 g/mol. The molecule has 0 saturated carbocycles. The summed E-state index contributed by atoms with van der Waals surface area (Å²) >= 11 is 5.75. The summed E-state index contributed by atoms with van der Waals surface area (Å²) in [6.45, 7) is 1.76. The van der Waals surface area contributed by atoms with Gasteiger partial charge in [0.25, 0.3) is 0 Å². The van der Waals surface area contributed by atoms with E-state index in [2.05, 4.69) is 40.3 Å². The Bertz CT molecular complexity index is 1100. The number of nitrogens with zero attached hydrogens (tertiary/aromatic N) is 4. The maximum atomic E-state index is 11.5. The fourth-order valence-electron chi connectivity index (χ4n) is 4.18. The van der Waals surface area contributed by atoms with E-state index in [1.165, 1.54) is 0 Å². The largest absolute Gasteiger partial charge is 0.478 e. The Morgan fingerprint density at radius 2 is 2.03 bits per heavy atom. The predicted octanol–water partition coefficient (Wildman–Crippen LogP) is 3.49. The van der Waals surface area contributed by atoms with E-state index in [9.17, 15) is 9.90 Å². The van der Waals surface area contributed by atoms with Gasteiger partial charge >= 0.3 is 5.97 Å². The number of nitrogens with one attached hydrogen (secondary N) is 1. The lowest BCUT2D eigenvalue weighted by atomic mass is 10.0. The molecule has 3 aromatic rings. The number of aromatic carboxylic acids is 1. The highest BCUT2D eigenvalue weighted by Gasteiger charge is 2.40. The zero-order valence-electron chi connectivity index (χ0n) is 18.2. The van der Waals surface area contributed by atoms with Crippen LogP contribution in [0.5, 0.6) is 0 Å². The van der Waals surface area contributed by atoms with Gasteiger partial charge in [0.2, 0.25) is 0 Å². The van der Waals surface area contributed by atoms with Gasteiger partial charge in [0.1, 0.15) is 0 Å². The zero-order valence-corrected chi connectivity index (χ0v) is 19.0. The molecule has 0 aliphatic carbocycles. The van der Waals surface area contributed by atoms with Crippen LogP contribution in [0.3, 0.4) is 0 Å². The molecule has 1 aliphatic rings.